The summed E-state index contributed by atoms with van der Waals surface area (Å²) >= 11 is 6.12. The van der Waals surface area contributed by atoms with Crippen molar-refractivity contribution in [3.63, 3.8) is 0 Å². The van der Waals surface area contributed by atoms with Crippen molar-refractivity contribution in [2.24, 2.45) is 5.92 Å². The number of aryl methyl sites for hydroxylation is 1. The summed E-state index contributed by atoms with van der Waals surface area (Å²) in [7, 11) is 0. The third kappa shape index (κ3) is 3.48. The van der Waals surface area contributed by atoms with Crippen LogP contribution in [0.2, 0.25) is 5.02 Å². The molecule has 0 amide bonds. The standard InChI is InChI=1S/C16H18ClNO2/c1-10(2)9-20-15(19)8-13-7-12-5-4-6-14(17)16(12)18-11(13)3/h4-7,10H,8-9H2,1-3H3. The Morgan fingerprint density at radius 3 is 2.85 bits per heavy atom. The van der Waals surface area contributed by atoms with Crippen molar-refractivity contribution in [2.45, 2.75) is 27.2 Å². The Morgan fingerprint density at radius 1 is 1.40 bits per heavy atom. The Kier molecular flexibility index (Phi) is 4.61. The maximum Gasteiger partial charge on any atom is 0.310 e. The number of hydrogen-bond acceptors (Lipinski definition) is 3. The van der Waals surface area contributed by atoms with Crippen LogP contribution < -0.4 is 0 Å². The average Bonchev–Trinajstić information content (AvgIpc) is 2.38. The topological polar surface area (TPSA) is 39.2 Å². The Balaban J connectivity index is 2.22. The van der Waals surface area contributed by atoms with Crippen LogP contribution in [0.25, 0.3) is 10.9 Å². The van der Waals surface area contributed by atoms with Gasteiger partial charge >= 0.3 is 5.97 Å². The summed E-state index contributed by atoms with van der Waals surface area (Å²) in [6.45, 7) is 6.36. The van der Waals surface area contributed by atoms with E-state index >= 15 is 0 Å². The fourth-order valence-corrected chi connectivity index (χ4v) is 2.17. The van der Waals surface area contributed by atoms with E-state index in [1.54, 1.807) is 0 Å². The summed E-state index contributed by atoms with van der Waals surface area (Å²) in [5.74, 6) is 0.124. The van der Waals surface area contributed by atoms with E-state index in [0.29, 0.717) is 17.5 Å². The van der Waals surface area contributed by atoms with Gasteiger partial charge in [-0.3, -0.25) is 9.78 Å². The number of halogens is 1. The van der Waals surface area contributed by atoms with Crippen LogP contribution in [0, 0.1) is 12.8 Å². The zero-order chi connectivity index (χ0) is 14.7. The second-order valence-electron chi connectivity index (χ2n) is 5.30. The van der Waals surface area contributed by atoms with Crippen molar-refractivity contribution in [3.05, 3.63) is 40.5 Å². The van der Waals surface area contributed by atoms with Crippen molar-refractivity contribution in [3.8, 4) is 0 Å². The van der Waals surface area contributed by atoms with Crippen LogP contribution in [0.3, 0.4) is 0 Å². The Bertz CT molecular complexity index is 638. The quantitative estimate of drug-likeness (QED) is 0.801. The van der Waals surface area contributed by atoms with Crippen molar-refractivity contribution >= 4 is 28.5 Å². The average molecular weight is 292 g/mol. The van der Waals surface area contributed by atoms with E-state index < -0.39 is 0 Å². The van der Waals surface area contributed by atoms with Gasteiger partial charge in [0.05, 0.1) is 23.6 Å². The van der Waals surface area contributed by atoms with Gasteiger partial charge in [-0.25, -0.2) is 0 Å². The highest BCUT2D eigenvalue weighted by molar-refractivity contribution is 6.35. The zero-order valence-corrected chi connectivity index (χ0v) is 12.7. The number of carbonyl (C=O) groups excluding carboxylic acids is 1. The molecule has 0 fully saturated rings. The first-order chi connectivity index (χ1) is 9.47. The van der Waals surface area contributed by atoms with E-state index in [1.807, 2.05) is 45.0 Å². The number of rotatable bonds is 4. The van der Waals surface area contributed by atoms with Gasteiger partial charge in [-0.05, 0) is 30.5 Å². The summed E-state index contributed by atoms with van der Waals surface area (Å²) in [6, 6.07) is 7.59. The molecule has 2 rings (SSSR count). The van der Waals surface area contributed by atoms with Crippen LogP contribution >= 0.6 is 11.6 Å². The molecule has 0 N–H and O–H groups in total. The predicted molar refractivity (Wildman–Crippen MR) is 81.0 cm³/mol. The number of carbonyl (C=O) groups is 1. The second kappa shape index (κ2) is 6.23. The molecule has 0 aliphatic carbocycles. The van der Waals surface area contributed by atoms with E-state index in [-0.39, 0.29) is 12.4 Å². The number of ether oxygens (including phenoxy) is 1. The molecule has 20 heavy (non-hydrogen) atoms. The number of benzene rings is 1. The van der Waals surface area contributed by atoms with Gasteiger partial charge in [0.15, 0.2) is 0 Å². The van der Waals surface area contributed by atoms with Gasteiger partial charge in [0.1, 0.15) is 0 Å². The van der Waals surface area contributed by atoms with Crippen molar-refractivity contribution in [1.82, 2.24) is 4.98 Å². The first-order valence-electron chi connectivity index (χ1n) is 6.67. The molecule has 0 aliphatic heterocycles. The molecule has 0 atom stereocenters. The summed E-state index contributed by atoms with van der Waals surface area (Å²) in [5, 5.41) is 1.56. The molecule has 4 heteroatoms. The molecule has 106 valence electrons. The molecule has 0 unspecified atom stereocenters. The minimum atomic E-state index is -0.218. The van der Waals surface area contributed by atoms with Crippen LogP contribution in [0.5, 0.6) is 0 Å². The number of fused-ring (bicyclic) bond motifs is 1. The number of pyridine rings is 1. The predicted octanol–water partition coefficient (Wildman–Crippen LogP) is 3.94. The van der Waals surface area contributed by atoms with E-state index in [0.717, 1.165) is 22.2 Å². The smallest absolute Gasteiger partial charge is 0.310 e. The van der Waals surface area contributed by atoms with Gasteiger partial charge in [0.25, 0.3) is 0 Å². The highest BCUT2D eigenvalue weighted by Gasteiger charge is 2.11. The highest BCUT2D eigenvalue weighted by atomic mass is 35.5. The Hall–Kier alpha value is -1.61. The van der Waals surface area contributed by atoms with Crippen molar-refractivity contribution < 1.29 is 9.53 Å². The maximum atomic E-state index is 11.8. The maximum absolute atomic E-state index is 11.8. The number of nitrogens with zero attached hydrogens (tertiary/aromatic N) is 1. The minimum absolute atomic E-state index is 0.218. The normalized spacial score (nSPS) is 11.1. The van der Waals surface area contributed by atoms with Crippen molar-refractivity contribution in [2.75, 3.05) is 6.61 Å². The third-order valence-electron chi connectivity index (χ3n) is 3.00. The van der Waals surface area contributed by atoms with Gasteiger partial charge in [0, 0.05) is 11.1 Å². The zero-order valence-electron chi connectivity index (χ0n) is 11.9. The first-order valence-corrected chi connectivity index (χ1v) is 7.05. The van der Waals surface area contributed by atoms with E-state index in [1.165, 1.54) is 0 Å². The molecule has 1 aromatic carbocycles. The van der Waals surface area contributed by atoms with Gasteiger partial charge in [0.2, 0.25) is 0 Å². The fourth-order valence-electron chi connectivity index (χ4n) is 1.94. The molecular formula is C16H18ClNO2. The molecule has 0 aliphatic rings. The largest absolute Gasteiger partial charge is 0.465 e. The SMILES string of the molecule is Cc1nc2c(Cl)cccc2cc1CC(=O)OCC(C)C. The monoisotopic (exact) mass is 291 g/mol. The molecule has 1 heterocycles. The number of esters is 1. The lowest BCUT2D eigenvalue weighted by atomic mass is 10.1. The molecule has 0 radical (unpaired) electrons. The lowest BCUT2D eigenvalue weighted by molar-refractivity contribution is -0.143. The van der Waals surface area contributed by atoms with Gasteiger partial charge in [-0.15, -0.1) is 0 Å². The van der Waals surface area contributed by atoms with E-state index in [9.17, 15) is 4.79 Å². The summed E-state index contributed by atoms with van der Waals surface area (Å²) in [4.78, 5) is 16.3. The fraction of sp³-hybridized carbons (Fsp3) is 0.375. The number of para-hydroxylation sites is 1. The Labute approximate surface area is 123 Å². The molecule has 0 spiro atoms. The highest BCUT2D eigenvalue weighted by Crippen LogP contribution is 2.23. The summed E-state index contributed by atoms with van der Waals surface area (Å²) in [5.41, 5.74) is 2.46. The van der Waals surface area contributed by atoms with Crippen LogP contribution in [-0.4, -0.2) is 17.6 Å². The van der Waals surface area contributed by atoms with Gasteiger partial charge in [-0.2, -0.15) is 0 Å². The molecule has 0 saturated heterocycles. The molecule has 3 nitrogen and oxygen atoms in total. The van der Waals surface area contributed by atoms with Crippen molar-refractivity contribution in [1.29, 1.82) is 0 Å². The first kappa shape index (κ1) is 14.8. The lowest BCUT2D eigenvalue weighted by Gasteiger charge is -2.10. The summed E-state index contributed by atoms with van der Waals surface area (Å²) < 4.78 is 5.21. The molecule has 2 aromatic rings. The number of hydrogen-bond donors (Lipinski definition) is 0. The van der Waals surface area contributed by atoms with Crippen LogP contribution in [0.15, 0.2) is 24.3 Å². The number of aromatic nitrogens is 1. The van der Waals surface area contributed by atoms with E-state index in [4.69, 9.17) is 16.3 Å². The van der Waals surface area contributed by atoms with Gasteiger partial charge in [-0.1, -0.05) is 37.6 Å². The van der Waals surface area contributed by atoms with Gasteiger partial charge < -0.3 is 4.74 Å². The summed E-state index contributed by atoms with van der Waals surface area (Å²) in [6.07, 6.45) is 0.244. The Morgan fingerprint density at radius 2 is 2.15 bits per heavy atom. The molecular weight excluding hydrogens is 274 g/mol. The van der Waals surface area contributed by atoms with Crippen LogP contribution in [-0.2, 0) is 16.0 Å². The third-order valence-corrected chi connectivity index (χ3v) is 3.31. The van der Waals surface area contributed by atoms with Crippen LogP contribution in [0.1, 0.15) is 25.1 Å². The molecule has 0 saturated carbocycles. The molecule has 1 aromatic heterocycles. The van der Waals surface area contributed by atoms with E-state index in [2.05, 4.69) is 4.98 Å². The lowest BCUT2D eigenvalue weighted by Crippen LogP contribution is -2.13. The van der Waals surface area contributed by atoms with Crippen LogP contribution in [0.4, 0.5) is 0 Å². The minimum Gasteiger partial charge on any atom is -0.465 e. The second-order valence-corrected chi connectivity index (χ2v) is 5.71. The molecule has 0 bridgehead atoms.